The predicted octanol–water partition coefficient (Wildman–Crippen LogP) is 3.81. The molecule has 0 aliphatic carbocycles. The first-order valence-electron chi connectivity index (χ1n) is 6.36. The summed E-state index contributed by atoms with van der Waals surface area (Å²) in [6.45, 7) is 5.66. The van der Waals surface area contributed by atoms with E-state index in [0.29, 0.717) is 5.56 Å². The Morgan fingerprint density at radius 3 is 2.47 bits per heavy atom. The molecule has 2 rings (SSSR count). The summed E-state index contributed by atoms with van der Waals surface area (Å²) in [5.41, 5.74) is 5.27. The molecule has 0 spiro atoms. The molecule has 2 aromatic rings. The van der Waals surface area contributed by atoms with E-state index in [1.807, 2.05) is 12.1 Å². The predicted molar refractivity (Wildman–Crippen MR) is 77.4 cm³/mol. The average Bonchev–Trinajstić information content (AvgIpc) is 2.32. The molecule has 1 N–H and O–H groups in total. The molecular formula is C17H18O2. The number of benzene rings is 2. The van der Waals surface area contributed by atoms with Crippen molar-refractivity contribution in [3.63, 3.8) is 0 Å². The summed E-state index contributed by atoms with van der Waals surface area (Å²) in [4.78, 5) is 11.2. The number of hydrogen-bond donors (Lipinski definition) is 1. The number of hydrogen-bond acceptors (Lipinski definition) is 2. The van der Waals surface area contributed by atoms with Gasteiger partial charge in [-0.3, -0.25) is 4.79 Å². The zero-order chi connectivity index (χ0) is 14.0. The van der Waals surface area contributed by atoms with Crippen molar-refractivity contribution in [2.45, 2.75) is 27.2 Å². The summed E-state index contributed by atoms with van der Waals surface area (Å²) in [5.74, 6) is 0.233. The monoisotopic (exact) mass is 254 g/mol. The third-order valence-corrected chi connectivity index (χ3v) is 3.21. The third-order valence-electron chi connectivity index (χ3n) is 3.21. The molecule has 98 valence electrons. The molecule has 0 saturated heterocycles. The van der Waals surface area contributed by atoms with Gasteiger partial charge in [-0.15, -0.1) is 0 Å². The van der Waals surface area contributed by atoms with Gasteiger partial charge in [0.2, 0.25) is 0 Å². The van der Waals surface area contributed by atoms with E-state index in [9.17, 15) is 9.90 Å². The zero-order valence-corrected chi connectivity index (χ0v) is 11.5. The Hall–Kier alpha value is -2.09. The highest BCUT2D eigenvalue weighted by atomic mass is 16.3. The molecular weight excluding hydrogens is 236 g/mol. The molecule has 0 atom stereocenters. The van der Waals surface area contributed by atoms with Gasteiger partial charge in [0.1, 0.15) is 11.5 Å². The van der Waals surface area contributed by atoms with Crippen LogP contribution >= 0.6 is 0 Å². The van der Waals surface area contributed by atoms with Crippen LogP contribution in [0.3, 0.4) is 0 Å². The Morgan fingerprint density at radius 1 is 1.11 bits per heavy atom. The maximum absolute atomic E-state index is 11.2. The molecule has 2 aromatic carbocycles. The minimum Gasteiger partial charge on any atom is -0.508 e. The number of phenols is 1. The second kappa shape index (κ2) is 5.27. The Bertz CT molecular complexity index is 627. The summed E-state index contributed by atoms with van der Waals surface area (Å²) in [7, 11) is 0. The van der Waals surface area contributed by atoms with E-state index in [0.717, 1.165) is 11.1 Å². The van der Waals surface area contributed by atoms with Gasteiger partial charge in [-0.05, 0) is 49.6 Å². The summed E-state index contributed by atoms with van der Waals surface area (Å²) in [6.07, 6.45) is 0.268. The maximum Gasteiger partial charge on any atom is 0.134 e. The SMILES string of the molecule is CC(=O)Cc1cc(-c2ccc(C)cc2C)ccc1O. The van der Waals surface area contributed by atoms with Gasteiger partial charge >= 0.3 is 0 Å². The Labute approximate surface area is 113 Å². The van der Waals surface area contributed by atoms with Gasteiger partial charge in [0.05, 0.1) is 0 Å². The van der Waals surface area contributed by atoms with Crippen LogP contribution < -0.4 is 0 Å². The summed E-state index contributed by atoms with van der Waals surface area (Å²) in [6, 6.07) is 11.7. The first-order chi connectivity index (χ1) is 8.97. The number of phenolic OH excluding ortho intramolecular Hbond substituents is 1. The van der Waals surface area contributed by atoms with E-state index in [4.69, 9.17) is 0 Å². The third kappa shape index (κ3) is 3.02. The fourth-order valence-corrected chi connectivity index (χ4v) is 2.30. The second-order valence-electron chi connectivity index (χ2n) is 5.04. The molecule has 0 radical (unpaired) electrons. The van der Waals surface area contributed by atoms with E-state index in [1.54, 1.807) is 6.07 Å². The van der Waals surface area contributed by atoms with Crippen LogP contribution in [0.5, 0.6) is 5.75 Å². The van der Waals surface area contributed by atoms with E-state index < -0.39 is 0 Å². The fraction of sp³-hybridized carbons (Fsp3) is 0.235. The number of rotatable bonds is 3. The average molecular weight is 254 g/mol. The van der Waals surface area contributed by atoms with E-state index in [-0.39, 0.29) is 18.0 Å². The number of aromatic hydroxyl groups is 1. The summed E-state index contributed by atoms with van der Waals surface area (Å²) in [5, 5.41) is 9.79. The van der Waals surface area contributed by atoms with Gasteiger partial charge in [0, 0.05) is 12.0 Å². The molecule has 0 heterocycles. The van der Waals surface area contributed by atoms with Crippen molar-refractivity contribution < 1.29 is 9.90 Å². The van der Waals surface area contributed by atoms with Crippen molar-refractivity contribution in [2.24, 2.45) is 0 Å². The van der Waals surface area contributed by atoms with Crippen molar-refractivity contribution in [3.05, 3.63) is 53.1 Å². The molecule has 0 fully saturated rings. The molecule has 2 heteroatoms. The van der Waals surface area contributed by atoms with Crippen LogP contribution in [-0.4, -0.2) is 10.9 Å². The number of Topliss-reactive ketones (excluding diaryl/α,β-unsaturated/α-hetero) is 1. The highest BCUT2D eigenvalue weighted by Gasteiger charge is 2.08. The van der Waals surface area contributed by atoms with Gasteiger partial charge in [0.25, 0.3) is 0 Å². The maximum atomic E-state index is 11.2. The normalized spacial score (nSPS) is 10.5. The lowest BCUT2D eigenvalue weighted by atomic mass is 9.96. The quantitative estimate of drug-likeness (QED) is 0.904. The van der Waals surface area contributed by atoms with E-state index >= 15 is 0 Å². The topological polar surface area (TPSA) is 37.3 Å². The van der Waals surface area contributed by atoms with Crippen LogP contribution in [0.15, 0.2) is 36.4 Å². The molecule has 0 amide bonds. The second-order valence-corrected chi connectivity index (χ2v) is 5.04. The highest BCUT2D eigenvalue weighted by Crippen LogP contribution is 2.29. The Kier molecular flexibility index (Phi) is 3.70. The van der Waals surface area contributed by atoms with Crippen LogP contribution in [0.1, 0.15) is 23.6 Å². The first kappa shape index (κ1) is 13.3. The standard InChI is InChI=1S/C17H18O2/c1-11-4-6-16(12(2)8-11)14-5-7-17(19)15(10-14)9-13(3)18/h4-8,10,19H,9H2,1-3H3. The van der Waals surface area contributed by atoms with Crippen molar-refractivity contribution in [3.8, 4) is 16.9 Å². The van der Waals surface area contributed by atoms with Crippen LogP contribution in [0, 0.1) is 13.8 Å². The van der Waals surface area contributed by atoms with Gasteiger partial charge < -0.3 is 5.11 Å². The van der Waals surface area contributed by atoms with Crippen molar-refractivity contribution >= 4 is 5.78 Å². The number of ketones is 1. The molecule has 0 unspecified atom stereocenters. The van der Waals surface area contributed by atoms with Gasteiger partial charge in [-0.25, -0.2) is 0 Å². The van der Waals surface area contributed by atoms with Crippen molar-refractivity contribution in [1.82, 2.24) is 0 Å². The molecule has 2 nitrogen and oxygen atoms in total. The lowest BCUT2D eigenvalue weighted by Crippen LogP contribution is -1.97. The summed E-state index contributed by atoms with van der Waals surface area (Å²) >= 11 is 0. The summed E-state index contributed by atoms with van der Waals surface area (Å²) < 4.78 is 0. The fourth-order valence-electron chi connectivity index (χ4n) is 2.30. The van der Waals surface area contributed by atoms with E-state index in [1.165, 1.54) is 18.1 Å². The van der Waals surface area contributed by atoms with Gasteiger partial charge in [-0.2, -0.15) is 0 Å². The first-order valence-corrected chi connectivity index (χ1v) is 6.36. The smallest absolute Gasteiger partial charge is 0.134 e. The minimum atomic E-state index is 0.0491. The number of aryl methyl sites for hydroxylation is 2. The van der Waals surface area contributed by atoms with Crippen molar-refractivity contribution in [1.29, 1.82) is 0 Å². The molecule has 0 bridgehead atoms. The lowest BCUT2D eigenvalue weighted by Gasteiger charge is -2.10. The van der Waals surface area contributed by atoms with Crippen molar-refractivity contribution in [2.75, 3.05) is 0 Å². The van der Waals surface area contributed by atoms with Gasteiger partial charge in [-0.1, -0.05) is 29.8 Å². The number of carbonyl (C=O) groups is 1. The molecule has 19 heavy (non-hydrogen) atoms. The molecule has 0 aromatic heterocycles. The highest BCUT2D eigenvalue weighted by molar-refractivity contribution is 5.80. The minimum absolute atomic E-state index is 0.0491. The molecule has 0 saturated carbocycles. The molecule has 0 aliphatic rings. The number of carbonyl (C=O) groups excluding carboxylic acids is 1. The molecule has 0 aliphatic heterocycles. The van der Waals surface area contributed by atoms with Crippen LogP contribution in [0.2, 0.25) is 0 Å². The van der Waals surface area contributed by atoms with Crippen LogP contribution in [0.4, 0.5) is 0 Å². The van der Waals surface area contributed by atoms with Crippen LogP contribution in [-0.2, 0) is 11.2 Å². The zero-order valence-electron chi connectivity index (χ0n) is 11.5. The van der Waals surface area contributed by atoms with E-state index in [2.05, 4.69) is 32.0 Å². The Balaban J connectivity index is 2.48. The Morgan fingerprint density at radius 2 is 1.84 bits per heavy atom. The lowest BCUT2D eigenvalue weighted by molar-refractivity contribution is -0.116. The largest absolute Gasteiger partial charge is 0.508 e. The van der Waals surface area contributed by atoms with Gasteiger partial charge in [0.15, 0.2) is 0 Å². The van der Waals surface area contributed by atoms with Crippen LogP contribution in [0.25, 0.3) is 11.1 Å².